The minimum atomic E-state index is 0.439. The van der Waals surface area contributed by atoms with E-state index in [4.69, 9.17) is 4.74 Å². The lowest BCUT2D eigenvalue weighted by Crippen LogP contribution is -1.89. The van der Waals surface area contributed by atoms with Gasteiger partial charge in [0.2, 0.25) is 5.88 Å². The summed E-state index contributed by atoms with van der Waals surface area (Å²) in [7, 11) is 0. The molecule has 0 amide bonds. The fraction of sp³-hybridized carbons (Fsp3) is 0. The Kier molecular flexibility index (Phi) is 2.69. The van der Waals surface area contributed by atoms with Crippen molar-refractivity contribution >= 4 is 6.29 Å². The molecule has 0 aliphatic heterocycles. The molecule has 0 aliphatic carbocycles. The van der Waals surface area contributed by atoms with Gasteiger partial charge in [0.25, 0.3) is 0 Å². The number of nitrogens with zero attached hydrogens (tertiary/aromatic N) is 2. The zero-order valence-corrected chi connectivity index (χ0v) is 7.83. The van der Waals surface area contributed by atoms with Crippen molar-refractivity contribution in [1.29, 1.82) is 0 Å². The van der Waals surface area contributed by atoms with Crippen LogP contribution in [0.15, 0.2) is 42.9 Å². The van der Waals surface area contributed by atoms with E-state index >= 15 is 0 Å². The highest BCUT2D eigenvalue weighted by Crippen LogP contribution is 2.16. The topological polar surface area (TPSA) is 52.1 Å². The van der Waals surface area contributed by atoms with Gasteiger partial charge in [0.1, 0.15) is 5.75 Å². The van der Waals surface area contributed by atoms with Crippen molar-refractivity contribution in [3.63, 3.8) is 0 Å². The molecule has 2 rings (SSSR count). The molecule has 0 spiro atoms. The lowest BCUT2D eigenvalue weighted by Gasteiger charge is -2.02. The molecule has 0 N–H and O–H groups in total. The number of carbonyl (C=O) groups is 1. The zero-order valence-electron chi connectivity index (χ0n) is 7.83. The van der Waals surface area contributed by atoms with Crippen molar-refractivity contribution in [2.45, 2.75) is 0 Å². The molecule has 2 heterocycles. The Morgan fingerprint density at radius 2 is 2.13 bits per heavy atom. The van der Waals surface area contributed by atoms with Crippen LogP contribution in [-0.2, 0) is 0 Å². The molecule has 0 aliphatic rings. The van der Waals surface area contributed by atoms with Crippen LogP contribution >= 0.6 is 0 Å². The van der Waals surface area contributed by atoms with Gasteiger partial charge in [0.05, 0.1) is 6.20 Å². The highest BCUT2D eigenvalue weighted by molar-refractivity contribution is 5.74. The van der Waals surface area contributed by atoms with Gasteiger partial charge < -0.3 is 4.74 Å². The van der Waals surface area contributed by atoms with E-state index in [2.05, 4.69) is 9.97 Å². The van der Waals surface area contributed by atoms with Gasteiger partial charge in [-0.25, -0.2) is 4.98 Å². The molecule has 0 saturated heterocycles. The van der Waals surface area contributed by atoms with Crippen LogP contribution in [0.25, 0.3) is 0 Å². The molecular weight excluding hydrogens is 192 g/mol. The summed E-state index contributed by atoms with van der Waals surface area (Å²) in [6.07, 6.45) is 5.45. The first-order valence-corrected chi connectivity index (χ1v) is 4.37. The van der Waals surface area contributed by atoms with Crippen LogP contribution in [0.1, 0.15) is 10.4 Å². The van der Waals surface area contributed by atoms with Gasteiger partial charge in [-0.3, -0.25) is 9.78 Å². The first-order chi connectivity index (χ1) is 7.38. The average molecular weight is 200 g/mol. The van der Waals surface area contributed by atoms with Crippen molar-refractivity contribution in [2.24, 2.45) is 0 Å². The summed E-state index contributed by atoms with van der Waals surface area (Å²) in [5.41, 5.74) is 0.522. The SMILES string of the molecule is O=Cc1ccc(Oc2cccnc2)nc1. The van der Waals surface area contributed by atoms with Gasteiger partial charge in [-0.1, -0.05) is 0 Å². The maximum absolute atomic E-state index is 10.4. The maximum atomic E-state index is 10.4. The molecular formula is C11H8N2O2. The van der Waals surface area contributed by atoms with Crippen molar-refractivity contribution in [2.75, 3.05) is 0 Å². The summed E-state index contributed by atoms with van der Waals surface area (Å²) in [6, 6.07) is 6.83. The van der Waals surface area contributed by atoms with Crippen LogP contribution in [0.5, 0.6) is 11.6 Å². The predicted molar refractivity (Wildman–Crippen MR) is 53.9 cm³/mol. The second-order valence-electron chi connectivity index (χ2n) is 2.84. The Morgan fingerprint density at radius 3 is 2.73 bits per heavy atom. The Balaban J connectivity index is 2.15. The van der Waals surface area contributed by atoms with E-state index in [9.17, 15) is 4.79 Å². The molecule has 0 atom stereocenters. The summed E-state index contributed by atoms with van der Waals surface area (Å²) in [5.74, 6) is 1.05. The fourth-order valence-corrected chi connectivity index (χ4v) is 1.05. The quantitative estimate of drug-likeness (QED) is 0.712. The van der Waals surface area contributed by atoms with Crippen molar-refractivity contribution in [1.82, 2.24) is 9.97 Å². The van der Waals surface area contributed by atoms with E-state index in [0.717, 1.165) is 6.29 Å². The van der Waals surface area contributed by atoms with Gasteiger partial charge in [-0.15, -0.1) is 0 Å². The van der Waals surface area contributed by atoms with Crippen molar-refractivity contribution in [3.05, 3.63) is 48.4 Å². The summed E-state index contributed by atoms with van der Waals surface area (Å²) in [4.78, 5) is 18.3. The molecule has 0 radical (unpaired) electrons. The van der Waals surface area contributed by atoms with Gasteiger partial charge >= 0.3 is 0 Å². The average Bonchev–Trinajstić information content (AvgIpc) is 2.31. The third kappa shape index (κ3) is 2.37. The molecule has 74 valence electrons. The zero-order chi connectivity index (χ0) is 10.5. The Labute approximate surface area is 86.6 Å². The van der Waals surface area contributed by atoms with E-state index in [-0.39, 0.29) is 0 Å². The molecule has 2 aromatic rings. The lowest BCUT2D eigenvalue weighted by atomic mass is 10.3. The summed E-state index contributed by atoms with van der Waals surface area (Å²) in [5, 5.41) is 0. The molecule has 2 aromatic heterocycles. The Morgan fingerprint density at radius 1 is 1.20 bits per heavy atom. The predicted octanol–water partition coefficient (Wildman–Crippen LogP) is 2.08. The number of carbonyl (C=O) groups excluding carboxylic acids is 1. The molecule has 4 heteroatoms. The van der Waals surface area contributed by atoms with Crippen LogP contribution in [0, 0.1) is 0 Å². The Bertz CT molecular complexity index is 440. The van der Waals surface area contributed by atoms with Crippen molar-refractivity contribution in [3.8, 4) is 11.6 Å². The largest absolute Gasteiger partial charge is 0.437 e. The number of hydrogen-bond acceptors (Lipinski definition) is 4. The minimum absolute atomic E-state index is 0.439. The van der Waals surface area contributed by atoms with Crippen LogP contribution in [0.2, 0.25) is 0 Å². The van der Waals surface area contributed by atoms with E-state index in [0.29, 0.717) is 17.2 Å². The molecule has 0 fully saturated rings. The minimum Gasteiger partial charge on any atom is -0.437 e. The van der Waals surface area contributed by atoms with Gasteiger partial charge in [-0.05, 0) is 18.2 Å². The van der Waals surface area contributed by atoms with Crippen LogP contribution < -0.4 is 4.74 Å². The van der Waals surface area contributed by atoms with Crippen LogP contribution in [-0.4, -0.2) is 16.3 Å². The summed E-state index contributed by atoms with van der Waals surface area (Å²) in [6.45, 7) is 0. The third-order valence-electron chi connectivity index (χ3n) is 1.75. The van der Waals surface area contributed by atoms with Crippen LogP contribution in [0.4, 0.5) is 0 Å². The molecule has 4 nitrogen and oxygen atoms in total. The number of ether oxygens (including phenoxy) is 1. The normalized spacial score (nSPS) is 9.60. The number of rotatable bonds is 3. The summed E-state index contributed by atoms with van der Waals surface area (Å²) < 4.78 is 5.39. The first-order valence-electron chi connectivity index (χ1n) is 4.37. The number of hydrogen-bond donors (Lipinski definition) is 0. The number of aromatic nitrogens is 2. The van der Waals surface area contributed by atoms with E-state index in [1.54, 1.807) is 36.7 Å². The second kappa shape index (κ2) is 4.32. The molecule has 15 heavy (non-hydrogen) atoms. The van der Waals surface area contributed by atoms with Crippen molar-refractivity contribution < 1.29 is 9.53 Å². The van der Waals surface area contributed by atoms with E-state index < -0.39 is 0 Å². The van der Waals surface area contributed by atoms with Gasteiger partial charge in [0.15, 0.2) is 6.29 Å². The molecule has 0 bridgehead atoms. The Hall–Kier alpha value is -2.23. The third-order valence-corrected chi connectivity index (χ3v) is 1.75. The highest BCUT2D eigenvalue weighted by Gasteiger charge is 1.97. The number of pyridine rings is 2. The van der Waals surface area contributed by atoms with Crippen LogP contribution in [0.3, 0.4) is 0 Å². The lowest BCUT2D eigenvalue weighted by molar-refractivity contribution is 0.112. The monoisotopic (exact) mass is 200 g/mol. The molecule has 0 saturated carbocycles. The van der Waals surface area contributed by atoms with E-state index in [1.165, 1.54) is 6.20 Å². The fourth-order valence-electron chi connectivity index (χ4n) is 1.05. The van der Waals surface area contributed by atoms with Gasteiger partial charge in [0, 0.05) is 24.0 Å². The first kappa shape index (κ1) is 9.33. The standard InChI is InChI=1S/C11H8N2O2/c14-8-9-3-4-11(13-6-9)15-10-2-1-5-12-7-10/h1-8H. The smallest absolute Gasteiger partial charge is 0.219 e. The van der Waals surface area contributed by atoms with Gasteiger partial charge in [-0.2, -0.15) is 0 Å². The van der Waals surface area contributed by atoms with E-state index in [1.807, 2.05) is 0 Å². The summed E-state index contributed by atoms with van der Waals surface area (Å²) >= 11 is 0. The molecule has 0 aromatic carbocycles. The maximum Gasteiger partial charge on any atom is 0.219 e. The number of aldehydes is 1. The molecule has 0 unspecified atom stereocenters. The highest BCUT2D eigenvalue weighted by atomic mass is 16.5. The second-order valence-corrected chi connectivity index (χ2v) is 2.84.